The van der Waals surface area contributed by atoms with Crippen LogP contribution < -0.4 is 31.9 Å². The molecule has 6 N–H and O–H groups in total. The van der Waals surface area contributed by atoms with Gasteiger partial charge in [0.05, 0.1) is 0 Å². The standard InChI is InChI=1S/C66H128N6/c1-26-27-28-29-30-31-32-33-52(46-34-53(2,3)67-54(4,5)35-46)66(50-42-61(18,19)71-62(20,21)43-50,51-44-63(22,23)72-64(24,25)45-51)65(47-36-55(6,7)68-56(8,9)37-47,48-38-57(10,11)69-58(12,13)39-48)49-40-59(14,15)70-60(16,17)41-49/h46-52,67-72H,26-45H2,1-25H3. The summed E-state index contributed by atoms with van der Waals surface area (Å²) in [5.74, 6) is 3.96. The highest BCUT2D eigenvalue weighted by atomic mass is 15.1. The quantitative estimate of drug-likeness (QED) is 0.0866. The van der Waals surface area contributed by atoms with Crippen molar-refractivity contribution in [2.75, 3.05) is 0 Å². The number of nitrogens with one attached hydrogen (secondary N) is 6. The summed E-state index contributed by atoms with van der Waals surface area (Å²) in [6.07, 6.45) is 26.0. The zero-order chi connectivity index (χ0) is 54.4. The lowest BCUT2D eigenvalue weighted by atomic mass is 9.30. The van der Waals surface area contributed by atoms with Gasteiger partial charge in [0.1, 0.15) is 0 Å². The largest absolute Gasteiger partial charge is 0.307 e. The predicted molar refractivity (Wildman–Crippen MR) is 315 cm³/mol. The SMILES string of the molecule is CCCCCCCCCC(C1CC(C)(C)NC(C)(C)C1)C(C1CC(C)(C)NC(C)(C)C1)(C1CC(C)(C)NC(C)(C)C1)C(C1CC(C)(C)NC(C)(C)C1)(C1CC(C)(C)NC(C)(C)C1)C1CC(C)(C)NC(C)(C)C1. The van der Waals surface area contributed by atoms with Crippen molar-refractivity contribution in [1.82, 2.24) is 31.9 Å². The molecule has 0 saturated carbocycles. The van der Waals surface area contributed by atoms with Crippen LogP contribution in [0.1, 0.15) is 302 Å². The molecule has 6 nitrogen and oxygen atoms in total. The van der Waals surface area contributed by atoms with E-state index in [1.54, 1.807) is 0 Å². The molecule has 0 bridgehead atoms. The maximum Gasteiger partial charge on any atom is 0.0132 e. The molecular weight excluding hydrogens is 877 g/mol. The maximum absolute atomic E-state index is 4.41. The first kappa shape index (κ1) is 61.0. The highest BCUT2D eigenvalue weighted by Gasteiger charge is 2.75. The van der Waals surface area contributed by atoms with Crippen LogP contribution in [0.5, 0.6) is 0 Å². The third kappa shape index (κ3) is 14.0. The zero-order valence-electron chi connectivity index (χ0n) is 53.2. The Morgan fingerprint density at radius 2 is 0.500 bits per heavy atom. The van der Waals surface area contributed by atoms with Crippen LogP contribution in [0.3, 0.4) is 0 Å². The van der Waals surface area contributed by atoms with E-state index in [4.69, 9.17) is 0 Å². The molecule has 6 heteroatoms. The van der Waals surface area contributed by atoms with Gasteiger partial charge < -0.3 is 31.9 Å². The summed E-state index contributed by atoms with van der Waals surface area (Å²) >= 11 is 0. The van der Waals surface area contributed by atoms with E-state index >= 15 is 0 Å². The van der Waals surface area contributed by atoms with E-state index in [2.05, 4.69) is 205 Å². The van der Waals surface area contributed by atoms with Crippen LogP contribution in [-0.4, -0.2) is 66.5 Å². The third-order valence-electron chi connectivity index (χ3n) is 20.6. The number of hydrogen-bond donors (Lipinski definition) is 6. The number of hydrogen-bond acceptors (Lipinski definition) is 6. The van der Waals surface area contributed by atoms with Crippen LogP contribution in [0.4, 0.5) is 0 Å². The van der Waals surface area contributed by atoms with Crippen LogP contribution in [0.15, 0.2) is 0 Å². The Hall–Kier alpha value is -0.240. The molecule has 1 atom stereocenters. The van der Waals surface area contributed by atoms with E-state index in [1.807, 2.05) is 0 Å². The van der Waals surface area contributed by atoms with Gasteiger partial charge in [0.15, 0.2) is 0 Å². The second kappa shape index (κ2) is 20.1. The van der Waals surface area contributed by atoms with Crippen molar-refractivity contribution in [3.05, 3.63) is 0 Å². The van der Waals surface area contributed by atoms with Crippen molar-refractivity contribution in [3.63, 3.8) is 0 Å². The van der Waals surface area contributed by atoms with Gasteiger partial charge in [-0.2, -0.15) is 0 Å². The highest BCUT2D eigenvalue weighted by molar-refractivity contribution is 5.26. The Labute approximate surface area is 450 Å². The number of unbranched alkanes of at least 4 members (excludes halogenated alkanes) is 6. The molecule has 6 heterocycles. The fourth-order valence-electron chi connectivity index (χ4n) is 22.2. The monoisotopic (exact) mass is 1010 g/mol. The van der Waals surface area contributed by atoms with E-state index in [1.165, 1.54) is 128 Å². The molecule has 422 valence electrons. The molecule has 0 aliphatic carbocycles. The molecule has 0 aromatic rings. The summed E-state index contributed by atoms with van der Waals surface area (Å²) in [6.45, 7) is 65.4. The van der Waals surface area contributed by atoms with Gasteiger partial charge in [-0.3, -0.25) is 0 Å². The lowest BCUT2D eigenvalue weighted by Crippen LogP contribution is -2.77. The summed E-state index contributed by atoms with van der Waals surface area (Å²) in [7, 11) is 0. The molecule has 0 aromatic carbocycles. The molecule has 0 spiro atoms. The molecule has 72 heavy (non-hydrogen) atoms. The van der Waals surface area contributed by atoms with E-state index < -0.39 is 0 Å². The summed E-state index contributed by atoms with van der Waals surface area (Å²) < 4.78 is 0. The zero-order valence-corrected chi connectivity index (χ0v) is 53.2. The van der Waals surface area contributed by atoms with Crippen LogP contribution in [0.25, 0.3) is 0 Å². The lowest BCUT2D eigenvalue weighted by molar-refractivity contribution is -0.276. The molecule has 1 unspecified atom stereocenters. The molecule has 6 rings (SSSR count). The second-order valence-electron chi connectivity index (χ2n) is 35.4. The molecule has 6 aliphatic rings. The minimum atomic E-state index is 0.00380. The van der Waals surface area contributed by atoms with Gasteiger partial charge >= 0.3 is 0 Å². The van der Waals surface area contributed by atoms with Gasteiger partial charge in [-0.15, -0.1) is 0 Å². The number of piperidine rings is 6. The molecule has 0 amide bonds. The summed E-state index contributed by atoms with van der Waals surface area (Å²) in [5, 5.41) is 26.3. The minimum absolute atomic E-state index is 0.00380. The van der Waals surface area contributed by atoms with E-state index in [9.17, 15) is 0 Å². The van der Waals surface area contributed by atoms with Gasteiger partial charge in [-0.1, -0.05) is 51.9 Å². The first-order valence-electron chi connectivity index (χ1n) is 31.1. The minimum Gasteiger partial charge on any atom is -0.307 e. The maximum atomic E-state index is 4.41. The fraction of sp³-hybridized carbons (Fsp3) is 1.00. The number of rotatable bonds is 16. The molecule has 6 saturated heterocycles. The Balaban J connectivity index is 1.92. The summed E-state index contributed by atoms with van der Waals surface area (Å²) in [6, 6.07) is 0. The average molecular weight is 1010 g/mol. The molecular formula is C66H128N6. The van der Waals surface area contributed by atoms with Crippen molar-refractivity contribution >= 4 is 0 Å². The van der Waals surface area contributed by atoms with Crippen molar-refractivity contribution < 1.29 is 0 Å². The smallest absolute Gasteiger partial charge is 0.0132 e. The fourth-order valence-corrected chi connectivity index (χ4v) is 22.2. The van der Waals surface area contributed by atoms with Gasteiger partial charge in [0, 0.05) is 66.5 Å². The molecule has 6 fully saturated rings. The van der Waals surface area contributed by atoms with Crippen LogP contribution in [0, 0.1) is 52.3 Å². The van der Waals surface area contributed by atoms with Gasteiger partial charge in [0.25, 0.3) is 0 Å². The van der Waals surface area contributed by atoms with Crippen molar-refractivity contribution in [2.24, 2.45) is 52.3 Å². The molecule has 6 aliphatic heterocycles. The third-order valence-corrected chi connectivity index (χ3v) is 20.6. The van der Waals surface area contributed by atoms with Crippen LogP contribution >= 0.6 is 0 Å². The van der Waals surface area contributed by atoms with Crippen molar-refractivity contribution in [2.45, 2.75) is 368 Å². The summed E-state index contributed by atoms with van der Waals surface area (Å²) in [5.41, 5.74) is 0.187. The Morgan fingerprint density at radius 3 is 0.750 bits per heavy atom. The van der Waals surface area contributed by atoms with Gasteiger partial charge in [0.2, 0.25) is 0 Å². The first-order chi connectivity index (χ1) is 32.3. The Morgan fingerprint density at radius 1 is 0.292 bits per heavy atom. The summed E-state index contributed by atoms with van der Waals surface area (Å²) in [4.78, 5) is 0. The lowest BCUT2D eigenvalue weighted by Gasteiger charge is -2.77. The predicted octanol–water partition coefficient (Wildman–Crippen LogP) is 16.1. The second-order valence-corrected chi connectivity index (χ2v) is 35.4. The first-order valence-corrected chi connectivity index (χ1v) is 31.1. The van der Waals surface area contributed by atoms with Gasteiger partial charge in [-0.25, -0.2) is 0 Å². The molecule has 0 radical (unpaired) electrons. The Kier molecular flexibility index (Phi) is 17.1. The van der Waals surface area contributed by atoms with Crippen molar-refractivity contribution in [1.29, 1.82) is 0 Å². The Bertz CT molecular complexity index is 1590. The normalized spacial score (nSPS) is 31.0. The van der Waals surface area contributed by atoms with Crippen molar-refractivity contribution in [3.8, 4) is 0 Å². The van der Waals surface area contributed by atoms with E-state index in [0.29, 0.717) is 41.4 Å². The van der Waals surface area contributed by atoms with Gasteiger partial charge in [-0.05, 0) is 302 Å². The molecule has 0 aromatic heterocycles. The van der Waals surface area contributed by atoms with Crippen LogP contribution in [0.2, 0.25) is 0 Å². The van der Waals surface area contributed by atoms with E-state index in [-0.39, 0.29) is 77.3 Å². The average Bonchev–Trinajstić information content (AvgIpc) is 3.07. The van der Waals surface area contributed by atoms with E-state index in [0.717, 1.165) is 0 Å². The van der Waals surface area contributed by atoms with Crippen LogP contribution in [-0.2, 0) is 0 Å². The topological polar surface area (TPSA) is 72.2 Å². The highest BCUT2D eigenvalue weighted by Crippen LogP contribution is 2.77.